The number of hydrogen-bond donors (Lipinski definition) is 2. The van der Waals surface area contributed by atoms with Gasteiger partial charge in [0, 0.05) is 31.9 Å². The average Bonchev–Trinajstić information content (AvgIpc) is 2.88. The molecule has 0 aromatic carbocycles. The van der Waals surface area contributed by atoms with Crippen molar-refractivity contribution in [1.82, 2.24) is 24.1 Å². The Labute approximate surface area is 143 Å². The number of carbonyl (C=O) groups is 1. The summed E-state index contributed by atoms with van der Waals surface area (Å²) >= 11 is 0. The molecule has 0 aliphatic carbocycles. The molecule has 1 amide bonds. The molecule has 2 atom stereocenters. The molecule has 0 unspecified atom stereocenters. The minimum Gasteiger partial charge on any atom is -0.354 e. The third-order valence-electron chi connectivity index (χ3n) is 4.24. The van der Waals surface area contributed by atoms with Crippen LogP contribution in [0, 0.1) is 12.8 Å². The van der Waals surface area contributed by atoms with E-state index < -0.39 is 22.3 Å². The summed E-state index contributed by atoms with van der Waals surface area (Å²) < 4.78 is 30.4. The van der Waals surface area contributed by atoms with Crippen molar-refractivity contribution in [1.29, 1.82) is 0 Å². The number of carbonyl (C=O) groups excluding carboxylic acids is 1. The number of likely N-dealkylation sites (N-methyl/N-ethyl adjacent to an activating group) is 1. The summed E-state index contributed by atoms with van der Waals surface area (Å²) in [6.07, 6.45) is 2.22. The molecule has 2 N–H and O–H groups in total. The summed E-state index contributed by atoms with van der Waals surface area (Å²) in [5.74, 6) is 0.0419. The standard InChI is InChI=1S/C15H27N5O3S/c1-6-20-9-12(11(4)17-20)13-7-14(15(21)16-8-10(2)3)19(5)24(22,23)18-13/h9-10,13-14,18H,6-8H2,1-5H3,(H,16,21)/t13-,14+/m0/s1. The van der Waals surface area contributed by atoms with E-state index in [1.165, 1.54) is 7.05 Å². The fraction of sp³-hybridized carbons (Fsp3) is 0.733. The largest absolute Gasteiger partial charge is 0.354 e. The second-order valence-electron chi connectivity index (χ2n) is 6.61. The highest BCUT2D eigenvalue weighted by Gasteiger charge is 2.41. The van der Waals surface area contributed by atoms with E-state index >= 15 is 0 Å². The highest BCUT2D eigenvalue weighted by molar-refractivity contribution is 7.87. The maximum atomic E-state index is 12.5. The van der Waals surface area contributed by atoms with Crippen LogP contribution in [0.1, 0.15) is 44.5 Å². The SMILES string of the molecule is CCn1cc([C@@H]2C[C@H](C(=O)NCC(C)C)N(C)S(=O)(=O)N2)c(C)n1. The number of amides is 1. The molecule has 1 saturated heterocycles. The van der Waals surface area contributed by atoms with Crippen LogP contribution < -0.4 is 10.0 Å². The molecule has 9 heteroatoms. The highest BCUT2D eigenvalue weighted by Crippen LogP contribution is 2.29. The molecule has 0 spiro atoms. The van der Waals surface area contributed by atoms with Crippen molar-refractivity contribution in [3.8, 4) is 0 Å². The summed E-state index contributed by atoms with van der Waals surface area (Å²) in [5.41, 5.74) is 1.59. The fourth-order valence-corrected chi connectivity index (χ4v) is 4.04. The van der Waals surface area contributed by atoms with Gasteiger partial charge in [-0.3, -0.25) is 9.48 Å². The molecule has 8 nitrogen and oxygen atoms in total. The van der Waals surface area contributed by atoms with Gasteiger partial charge in [0.2, 0.25) is 5.91 Å². The lowest BCUT2D eigenvalue weighted by Crippen LogP contribution is -2.57. The van der Waals surface area contributed by atoms with Crippen LogP contribution in [0.5, 0.6) is 0 Å². The minimum absolute atomic E-state index is 0.262. The Bertz CT molecular complexity index is 698. The zero-order valence-corrected chi connectivity index (χ0v) is 15.7. The lowest BCUT2D eigenvalue weighted by atomic mass is 10.00. The summed E-state index contributed by atoms with van der Waals surface area (Å²) in [6.45, 7) is 9.04. The molecule has 1 aliphatic heterocycles. The van der Waals surface area contributed by atoms with E-state index in [1.807, 2.05) is 33.9 Å². The van der Waals surface area contributed by atoms with Gasteiger partial charge in [-0.1, -0.05) is 13.8 Å². The number of nitrogens with one attached hydrogen (secondary N) is 2. The van der Waals surface area contributed by atoms with Crippen molar-refractivity contribution in [2.75, 3.05) is 13.6 Å². The zero-order valence-electron chi connectivity index (χ0n) is 14.9. The van der Waals surface area contributed by atoms with E-state index in [0.29, 0.717) is 25.4 Å². The second-order valence-corrected chi connectivity index (χ2v) is 8.37. The van der Waals surface area contributed by atoms with Gasteiger partial charge in [-0.05, 0) is 26.2 Å². The van der Waals surface area contributed by atoms with E-state index in [2.05, 4.69) is 15.1 Å². The number of hydrogen-bond acceptors (Lipinski definition) is 4. The zero-order chi connectivity index (χ0) is 18.1. The first-order valence-electron chi connectivity index (χ1n) is 8.22. The molecule has 24 heavy (non-hydrogen) atoms. The van der Waals surface area contributed by atoms with Crippen LogP contribution in [0.15, 0.2) is 6.20 Å². The van der Waals surface area contributed by atoms with Gasteiger partial charge >= 0.3 is 0 Å². The Morgan fingerprint density at radius 3 is 2.71 bits per heavy atom. The van der Waals surface area contributed by atoms with E-state index in [9.17, 15) is 13.2 Å². The van der Waals surface area contributed by atoms with Crippen molar-refractivity contribution in [2.45, 2.75) is 52.7 Å². The molecule has 1 fully saturated rings. The smallest absolute Gasteiger partial charge is 0.280 e. The van der Waals surface area contributed by atoms with E-state index in [0.717, 1.165) is 15.6 Å². The number of aryl methyl sites for hydroxylation is 2. The topological polar surface area (TPSA) is 96.3 Å². The van der Waals surface area contributed by atoms with Gasteiger partial charge in [-0.15, -0.1) is 0 Å². The Morgan fingerprint density at radius 2 is 2.17 bits per heavy atom. The predicted octanol–water partition coefficient (Wildman–Crippen LogP) is 0.563. The maximum Gasteiger partial charge on any atom is 0.280 e. The van der Waals surface area contributed by atoms with Crippen LogP contribution in [0.2, 0.25) is 0 Å². The molecular weight excluding hydrogens is 330 g/mol. The summed E-state index contributed by atoms with van der Waals surface area (Å²) in [6, 6.07) is -1.19. The molecule has 1 aromatic rings. The van der Waals surface area contributed by atoms with Crippen LogP contribution >= 0.6 is 0 Å². The monoisotopic (exact) mass is 357 g/mol. The summed E-state index contributed by atoms with van der Waals surface area (Å²) in [5, 5.41) is 7.20. The van der Waals surface area contributed by atoms with Gasteiger partial charge in [0.25, 0.3) is 10.2 Å². The Balaban J connectivity index is 2.26. The fourth-order valence-electron chi connectivity index (χ4n) is 2.77. The molecule has 0 radical (unpaired) electrons. The first kappa shape index (κ1) is 18.9. The summed E-state index contributed by atoms with van der Waals surface area (Å²) in [7, 11) is -2.29. The van der Waals surface area contributed by atoms with Crippen LogP contribution in [0.3, 0.4) is 0 Å². The van der Waals surface area contributed by atoms with Crippen molar-refractivity contribution in [3.63, 3.8) is 0 Å². The Hall–Kier alpha value is -1.45. The Morgan fingerprint density at radius 1 is 1.50 bits per heavy atom. The Kier molecular flexibility index (Phi) is 5.67. The number of aromatic nitrogens is 2. The van der Waals surface area contributed by atoms with Crippen LogP contribution in [0.25, 0.3) is 0 Å². The number of rotatable bonds is 5. The molecule has 1 aliphatic rings. The molecule has 0 bridgehead atoms. The van der Waals surface area contributed by atoms with Crippen molar-refractivity contribution >= 4 is 16.1 Å². The second kappa shape index (κ2) is 7.20. The van der Waals surface area contributed by atoms with Gasteiger partial charge < -0.3 is 5.32 Å². The van der Waals surface area contributed by atoms with Gasteiger partial charge in [0.15, 0.2) is 0 Å². The van der Waals surface area contributed by atoms with Crippen LogP contribution in [-0.4, -0.2) is 48.0 Å². The lowest BCUT2D eigenvalue weighted by molar-refractivity contribution is -0.125. The highest BCUT2D eigenvalue weighted by atomic mass is 32.2. The molecule has 136 valence electrons. The van der Waals surface area contributed by atoms with Crippen LogP contribution in [0.4, 0.5) is 0 Å². The normalized spacial score (nSPS) is 24.2. The van der Waals surface area contributed by atoms with Gasteiger partial charge in [-0.2, -0.15) is 22.5 Å². The average molecular weight is 357 g/mol. The molecule has 0 saturated carbocycles. The van der Waals surface area contributed by atoms with Crippen molar-refractivity contribution in [3.05, 3.63) is 17.5 Å². The van der Waals surface area contributed by atoms with E-state index in [4.69, 9.17) is 0 Å². The minimum atomic E-state index is -3.72. The quantitative estimate of drug-likeness (QED) is 0.805. The predicted molar refractivity (Wildman–Crippen MR) is 91.5 cm³/mol. The van der Waals surface area contributed by atoms with E-state index in [-0.39, 0.29) is 5.91 Å². The van der Waals surface area contributed by atoms with Gasteiger partial charge in [0.1, 0.15) is 6.04 Å². The molecule has 2 rings (SSSR count). The summed E-state index contributed by atoms with van der Waals surface area (Å²) in [4.78, 5) is 12.5. The number of nitrogens with zero attached hydrogens (tertiary/aromatic N) is 3. The third-order valence-corrected chi connectivity index (χ3v) is 5.83. The third kappa shape index (κ3) is 3.96. The maximum absolute atomic E-state index is 12.5. The van der Waals surface area contributed by atoms with E-state index in [1.54, 1.807) is 4.68 Å². The first-order chi connectivity index (χ1) is 11.2. The van der Waals surface area contributed by atoms with Crippen molar-refractivity contribution in [2.24, 2.45) is 5.92 Å². The van der Waals surface area contributed by atoms with Crippen LogP contribution in [-0.2, 0) is 21.5 Å². The molecular formula is C15H27N5O3S. The molecule has 2 heterocycles. The van der Waals surface area contributed by atoms with Gasteiger partial charge in [-0.25, -0.2) is 0 Å². The van der Waals surface area contributed by atoms with Gasteiger partial charge in [0.05, 0.1) is 11.7 Å². The first-order valence-corrected chi connectivity index (χ1v) is 9.66. The lowest BCUT2D eigenvalue weighted by Gasteiger charge is -2.36. The van der Waals surface area contributed by atoms with Crippen molar-refractivity contribution < 1.29 is 13.2 Å². The molecule has 1 aromatic heterocycles.